The van der Waals surface area contributed by atoms with E-state index in [1.165, 1.54) is 37.9 Å². The summed E-state index contributed by atoms with van der Waals surface area (Å²) in [7, 11) is 0. The van der Waals surface area contributed by atoms with Crippen LogP contribution in [0.5, 0.6) is 0 Å². The largest absolute Gasteiger partial charge is 0.316 e. The zero-order valence-electron chi connectivity index (χ0n) is 9.42. The van der Waals surface area contributed by atoms with Crippen molar-refractivity contribution in [2.24, 2.45) is 5.41 Å². The molecule has 1 nitrogen and oxygen atoms in total. The first kappa shape index (κ1) is 9.41. The molecule has 2 fully saturated rings. The van der Waals surface area contributed by atoms with Gasteiger partial charge in [-0.05, 0) is 43.1 Å². The van der Waals surface area contributed by atoms with E-state index in [0.29, 0.717) is 5.41 Å². The molecule has 2 aliphatic rings. The molecular weight excluding hydrogens is 182 g/mol. The van der Waals surface area contributed by atoms with Crippen molar-refractivity contribution in [2.45, 2.75) is 32.1 Å². The zero-order chi connectivity index (χ0) is 10.3. The molecule has 1 heteroatoms. The first-order chi connectivity index (χ1) is 7.27. The molecule has 1 aliphatic carbocycles. The Morgan fingerprint density at radius 1 is 1.33 bits per heavy atom. The van der Waals surface area contributed by atoms with E-state index in [9.17, 15) is 0 Å². The van der Waals surface area contributed by atoms with Crippen LogP contribution in [0.4, 0.5) is 0 Å². The lowest BCUT2D eigenvalue weighted by molar-refractivity contribution is 0.175. The molecule has 1 N–H and O–H groups in total. The zero-order valence-corrected chi connectivity index (χ0v) is 9.42. The summed E-state index contributed by atoms with van der Waals surface area (Å²) in [6.45, 7) is 4.71. The highest BCUT2D eigenvalue weighted by Gasteiger charge is 2.43. The monoisotopic (exact) mass is 201 g/mol. The molecule has 0 bridgehead atoms. The van der Waals surface area contributed by atoms with Crippen LogP contribution in [0.2, 0.25) is 0 Å². The van der Waals surface area contributed by atoms with E-state index in [2.05, 4.69) is 36.5 Å². The molecule has 15 heavy (non-hydrogen) atoms. The molecule has 0 radical (unpaired) electrons. The van der Waals surface area contributed by atoms with Crippen molar-refractivity contribution in [3.8, 4) is 0 Å². The van der Waals surface area contributed by atoms with Crippen molar-refractivity contribution in [3.63, 3.8) is 0 Å². The summed E-state index contributed by atoms with van der Waals surface area (Å²) in [5.74, 6) is 0.826. The number of aryl methyl sites for hydroxylation is 1. The van der Waals surface area contributed by atoms with Crippen molar-refractivity contribution >= 4 is 0 Å². The normalized spacial score (nSPS) is 27.9. The van der Waals surface area contributed by atoms with Crippen LogP contribution in [0.1, 0.15) is 36.3 Å². The fourth-order valence-electron chi connectivity index (χ4n) is 3.22. The maximum Gasteiger partial charge on any atom is 0.00204 e. The van der Waals surface area contributed by atoms with Crippen molar-refractivity contribution in [1.29, 1.82) is 0 Å². The van der Waals surface area contributed by atoms with Gasteiger partial charge in [-0.15, -0.1) is 0 Å². The topological polar surface area (TPSA) is 12.0 Å². The fraction of sp³-hybridized carbons (Fsp3) is 0.571. The third-order valence-corrected chi connectivity index (χ3v) is 4.22. The summed E-state index contributed by atoms with van der Waals surface area (Å²) >= 11 is 0. The van der Waals surface area contributed by atoms with Crippen LogP contribution in [0.25, 0.3) is 0 Å². The predicted molar refractivity (Wildman–Crippen MR) is 63.1 cm³/mol. The van der Waals surface area contributed by atoms with Crippen LogP contribution >= 0.6 is 0 Å². The van der Waals surface area contributed by atoms with Gasteiger partial charge in [-0.3, -0.25) is 0 Å². The smallest absolute Gasteiger partial charge is 0.00204 e. The molecule has 1 saturated carbocycles. The SMILES string of the molecule is Cc1cccc(C2CCC3(CNC3)C2)c1. The van der Waals surface area contributed by atoms with Crippen LogP contribution in [-0.2, 0) is 0 Å². The Hall–Kier alpha value is -0.820. The maximum absolute atomic E-state index is 3.43. The van der Waals surface area contributed by atoms with Crippen LogP contribution in [0.15, 0.2) is 24.3 Å². The van der Waals surface area contributed by atoms with Crippen LogP contribution in [0.3, 0.4) is 0 Å². The molecule has 0 aromatic heterocycles. The third-order valence-electron chi connectivity index (χ3n) is 4.22. The Kier molecular flexibility index (Phi) is 2.10. The molecule has 1 atom stereocenters. The van der Waals surface area contributed by atoms with Gasteiger partial charge in [-0.2, -0.15) is 0 Å². The Labute approximate surface area is 91.9 Å². The van der Waals surface area contributed by atoms with E-state index in [0.717, 1.165) is 5.92 Å². The predicted octanol–water partition coefficient (Wildman–Crippen LogP) is 2.85. The van der Waals surface area contributed by atoms with Crippen molar-refractivity contribution in [1.82, 2.24) is 5.32 Å². The average molecular weight is 201 g/mol. The lowest BCUT2D eigenvalue weighted by atomic mass is 9.79. The highest BCUT2D eigenvalue weighted by Crippen LogP contribution is 2.48. The fourth-order valence-corrected chi connectivity index (χ4v) is 3.22. The molecular formula is C14H19N. The van der Waals surface area contributed by atoms with Gasteiger partial charge in [0.05, 0.1) is 0 Å². The van der Waals surface area contributed by atoms with Gasteiger partial charge >= 0.3 is 0 Å². The first-order valence-electron chi connectivity index (χ1n) is 6.05. The third kappa shape index (κ3) is 1.59. The van der Waals surface area contributed by atoms with Crippen LogP contribution in [-0.4, -0.2) is 13.1 Å². The second-order valence-electron chi connectivity index (χ2n) is 5.46. The van der Waals surface area contributed by atoms with Crippen molar-refractivity contribution < 1.29 is 0 Å². The average Bonchev–Trinajstić information content (AvgIpc) is 2.62. The minimum atomic E-state index is 0.675. The van der Waals surface area contributed by atoms with Gasteiger partial charge < -0.3 is 5.32 Å². The summed E-state index contributed by atoms with van der Waals surface area (Å²) < 4.78 is 0. The Morgan fingerprint density at radius 3 is 2.80 bits per heavy atom. The number of nitrogens with one attached hydrogen (secondary N) is 1. The molecule has 1 aromatic carbocycles. The van der Waals surface area contributed by atoms with E-state index in [1.807, 2.05) is 0 Å². The highest BCUT2D eigenvalue weighted by atomic mass is 15.0. The Morgan fingerprint density at radius 2 is 2.20 bits per heavy atom. The second-order valence-corrected chi connectivity index (χ2v) is 5.46. The minimum absolute atomic E-state index is 0.675. The van der Waals surface area contributed by atoms with E-state index in [-0.39, 0.29) is 0 Å². The van der Waals surface area contributed by atoms with Gasteiger partial charge in [0.1, 0.15) is 0 Å². The molecule has 1 heterocycles. The molecule has 1 saturated heterocycles. The standard InChI is InChI=1S/C14H19N/c1-11-3-2-4-12(7-11)13-5-6-14(8-13)9-15-10-14/h2-4,7,13,15H,5-6,8-10H2,1H3. The van der Waals surface area contributed by atoms with Crippen molar-refractivity contribution in [2.75, 3.05) is 13.1 Å². The Balaban J connectivity index is 1.79. The van der Waals surface area contributed by atoms with Crippen LogP contribution < -0.4 is 5.32 Å². The van der Waals surface area contributed by atoms with Gasteiger partial charge in [0.2, 0.25) is 0 Å². The minimum Gasteiger partial charge on any atom is -0.316 e. The molecule has 1 aliphatic heterocycles. The van der Waals surface area contributed by atoms with Gasteiger partial charge in [0, 0.05) is 13.1 Å². The summed E-state index contributed by atoms with van der Waals surface area (Å²) in [5, 5.41) is 3.43. The van der Waals surface area contributed by atoms with Gasteiger partial charge in [0.15, 0.2) is 0 Å². The highest BCUT2D eigenvalue weighted by molar-refractivity contribution is 5.27. The van der Waals surface area contributed by atoms with E-state index in [1.54, 1.807) is 5.56 Å². The number of hydrogen-bond acceptors (Lipinski definition) is 1. The van der Waals surface area contributed by atoms with Gasteiger partial charge in [-0.25, -0.2) is 0 Å². The second kappa shape index (κ2) is 3.34. The lowest BCUT2D eigenvalue weighted by Gasteiger charge is -2.39. The number of hydrogen-bond donors (Lipinski definition) is 1. The van der Waals surface area contributed by atoms with E-state index >= 15 is 0 Å². The summed E-state index contributed by atoms with van der Waals surface area (Å²) in [4.78, 5) is 0. The molecule has 0 amide bonds. The van der Waals surface area contributed by atoms with Crippen molar-refractivity contribution in [3.05, 3.63) is 35.4 Å². The first-order valence-corrected chi connectivity index (χ1v) is 6.05. The Bertz CT molecular complexity index is 365. The van der Waals surface area contributed by atoms with Gasteiger partial charge in [-0.1, -0.05) is 29.8 Å². The molecule has 1 spiro atoms. The quantitative estimate of drug-likeness (QED) is 0.736. The van der Waals surface area contributed by atoms with E-state index < -0.39 is 0 Å². The maximum atomic E-state index is 3.43. The number of rotatable bonds is 1. The van der Waals surface area contributed by atoms with E-state index in [4.69, 9.17) is 0 Å². The summed E-state index contributed by atoms with van der Waals surface area (Å²) in [6, 6.07) is 9.08. The molecule has 80 valence electrons. The lowest BCUT2D eigenvalue weighted by Crippen LogP contribution is -2.51. The summed E-state index contributed by atoms with van der Waals surface area (Å²) in [6.07, 6.45) is 4.23. The van der Waals surface area contributed by atoms with Crippen LogP contribution in [0, 0.1) is 12.3 Å². The van der Waals surface area contributed by atoms with Gasteiger partial charge in [0.25, 0.3) is 0 Å². The summed E-state index contributed by atoms with van der Waals surface area (Å²) in [5.41, 5.74) is 3.65. The molecule has 3 rings (SSSR count). The number of benzene rings is 1. The molecule has 1 unspecified atom stereocenters. The molecule has 1 aromatic rings.